The van der Waals surface area contributed by atoms with Crippen LogP contribution >= 0.6 is 0 Å². The van der Waals surface area contributed by atoms with Crippen LogP contribution in [-0.2, 0) is 16.5 Å². The van der Waals surface area contributed by atoms with Crippen molar-refractivity contribution in [2.45, 2.75) is 31.1 Å². The Morgan fingerprint density at radius 2 is 1.77 bits per heavy atom. The summed E-state index contributed by atoms with van der Waals surface area (Å²) in [5, 5.41) is 1.58. The molecule has 0 saturated carbocycles. The highest BCUT2D eigenvalue weighted by molar-refractivity contribution is 7.87. The van der Waals surface area contributed by atoms with Gasteiger partial charge in [-0.15, -0.1) is 0 Å². The molecule has 0 aliphatic rings. The van der Waals surface area contributed by atoms with Crippen molar-refractivity contribution >= 4 is 20.9 Å². The van der Waals surface area contributed by atoms with E-state index in [-0.39, 0.29) is 4.90 Å². The van der Waals surface area contributed by atoms with Crippen LogP contribution in [0.3, 0.4) is 0 Å². The number of hydrogen-bond acceptors (Lipinski definition) is 5. The van der Waals surface area contributed by atoms with Crippen LogP contribution in [0.2, 0.25) is 0 Å². The monoisotopic (exact) mass is 371 g/mol. The van der Waals surface area contributed by atoms with Crippen molar-refractivity contribution in [2.75, 3.05) is 7.11 Å². The largest absolute Gasteiger partial charge is 0.497 e. The molecule has 2 aromatic carbocycles. The van der Waals surface area contributed by atoms with Gasteiger partial charge in [0.2, 0.25) is 0 Å². The number of benzene rings is 2. The lowest BCUT2D eigenvalue weighted by Gasteiger charge is -2.13. The van der Waals surface area contributed by atoms with E-state index in [0.717, 1.165) is 23.6 Å². The lowest BCUT2D eigenvalue weighted by atomic mass is 10.1. The van der Waals surface area contributed by atoms with E-state index < -0.39 is 10.1 Å². The molecule has 0 unspecified atom stereocenters. The molecule has 3 aromatic rings. The third-order valence-electron chi connectivity index (χ3n) is 4.14. The maximum Gasteiger partial charge on any atom is 0.339 e. The second kappa shape index (κ2) is 7.74. The number of fused-ring (bicyclic) bond motifs is 1. The number of hydrogen-bond donors (Lipinski definition) is 0. The standard InChI is InChI=1S/C20H21NO4S/c1-3-4-9-19-20(18-8-6-5-7-15(18)14-21-19)25-26(22,23)17-12-10-16(24-2)11-13-17/h5-8,10-14H,3-4,9H2,1-2H3. The molecule has 0 aliphatic carbocycles. The Labute approximate surface area is 153 Å². The number of aromatic nitrogens is 1. The van der Waals surface area contributed by atoms with Gasteiger partial charge in [-0.2, -0.15) is 8.42 Å². The van der Waals surface area contributed by atoms with E-state index in [0.29, 0.717) is 23.6 Å². The summed E-state index contributed by atoms with van der Waals surface area (Å²) in [4.78, 5) is 4.52. The molecule has 26 heavy (non-hydrogen) atoms. The summed E-state index contributed by atoms with van der Waals surface area (Å²) in [5.74, 6) is 0.895. The molecule has 0 aliphatic heterocycles. The van der Waals surface area contributed by atoms with Crippen molar-refractivity contribution < 1.29 is 17.3 Å². The van der Waals surface area contributed by atoms with E-state index in [9.17, 15) is 8.42 Å². The number of methoxy groups -OCH3 is 1. The van der Waals surface area contributed by atoms with E-state index in [4.69, 9.17) is 8.92 Å². The van der Waals surface area contributed by atoms with Crippen molar-refractivity contribution in [2.24, 2.45) is 0 Å². The first-order chi connectivity index (χ1) is 12.5. The molecule has 0 bridgehead atoms. The minimum absolute atomic E-state index is 0.0766. The molecular formula is C20H21NO4S. The Balaban J connectivity index is 2.04. The van der Waals surface area contributed by atoms with Gasteiger partial charge in [-0.05, 0) is 37.1 Å². The average molecular weight is 371 g/mol. The number of unbranched alkanes of at least 4 members (excludes halogenated alkanes) is 1. The summed E-state index contributed by atoms with van der Waals surface area (Å²) < 4.78 is 36.2. The van der Waals surface area contributed by atoms with Crippen LogP contribution in [-0.4, -0.2) is 20.5 Å². The summed E-state index contributed by atoms with van der Waals surface area (Å²) in [6, 6.07) is 13.6. The molecule has 0 radical (unpaired) electrons. The molecule has 1 heterocycles. The van der Waals surface area contributed by atoms with Gasteiger partial charge in [0.15, 0.2) is 5.75 Å². The zero-order chi connectivity index (χ0) is 18.6. The predicted molar refractivity (Wildman–Crippen MR) is 101 cm³/mol. The molecule has 0 saturated heterocycles. The fourth-order valence-corrected chi connectivity index (χ4v) is 3.66. The highest BCUT2D eigenvalue weighted by atomic mass is 32.2. The normalized spacial score (nSPS) is 11.5. The van der Waals surface area contributed by atoms with Crippen LogP contribution in [0.5, 0.6) is 11.5 Å². The predicted octanol–water partition coefficient (Wildman–Crippen LogP) is 4.35. The third kappa shape index (κ3) is 3.80. The van der Waals surface area contributed by atoms with Gasteiger partial charge >= 0.3 is 10.1 Å². The number of aryl methyl sites for hydroxylation is 1. The fraction of sp³-hybridized carbons (Fsp3) is 0.250. The molecule has 0 spiro atoms. The Morgan fingerprint density at radius 3 is 2.46 bits per heavy atom. The number of pyridine rings is 1. The van der Waals surface area contributed by atoms with Gasteiger partial charge in [-0.1, -0.05) is 37.6 Å². The first-order valence-electron chi connectivity index (χ1n) is 8.50. The first kappa shape index (κ1) is 18.2. The number of nitrogens with zero attached hydrogens (tertiary/aromatic N) is 1. The van der Waals surface area contributed by atoms with E-state index in [1.807, 2.05) is 24.3 Å². The minimum atomic E-state index is -3.97. The molecule has 0 amide bonds. The zero-order valence-corrected chi connectivity index (χ0v) is 15.6. The molecule has 5 nitrogen and oxygen atoms in total. The summed E-state index contributed by atoms with van der Waals surface area (Å²) >= 11 is 0. The van der Waals surface area contributed by atoms with Gasteiger partial charge in [0.1, 0.15) is 10.6 Å². The summed E-state index contributed by atoms with van der Waals surface area (Å²) in [7, 11) is -2.44. The fourth-order valence-electron chi connectivity index (χ4n) is 2.69. The Bertz CT molecular complexity index is 998. The molecular weight excluding hydrogens is 350 g/mol. The van der Waals surface area contributed by atoms with Crippen molar-refractivity contribution in [3.63, 3.8) is 0 Å². The minimum Gasteiger partial charge on any atom is -0.497 e. The SMILES string of the molecule is CCCCc1ncc2ccccc2c1OS(=O)(=O)c1ccc(OC)cc1. The smallest absolute Gasteiger partial charge is 0.339 e. The Kier molecular flexibility index (Phi) is 5.42. The number of rotatable bonds is 7. The maximum atomic E-state index is 12.8. The summed E-state index contributed by atoms with van der Waals surface area (Å²) in [6.07, 6.45) is 4.31. The second-order valence-electron chi connectivity index (χ2n) is 5.94. The number of ether oxygens (including phenoxy) is 1. The first-order valence-corrected chi connectivity index (χ1v) is 9.91. The van der Waals surface area contributed by atoms with E-state index in [2.05, 4.69) is 11.9 Å². The van der Waals surface area contributed by atoms with Gasteiger partial charge in [0.25, 0.3) is 0 Å². The zero-order valence-electron chi connectivity index (χ0n) is 14.8. The van der Waals surface area contributed by atoms with E-state index in [1.54, 1.807) is 18.3 Å². The summed E-state index contributed by atoms with van der Waals surface area (Å²) in [6.45, 7) is 2.08. The average Bonchev–Trinajstić information content (AvgIpc) is 2.67. The van der Waals surface area contributed by atoms with Gasteiger partial charge in [0, 0.05) is 17.0 Å². The van der Waals surface area contributed by atoms with E-state index >= 15 is 0 Å². The Morgan fingerprint density at radius 1 is 1.04 bits per heavy atom. The molecule has 136 valence electrons. The molecule has 6 heteroatoms. The van der Waals surface area contributed by atoms with Crippen LogP contribution in [0.1, 0.15) is 25.5 Å². The molecule has 1 aromatic heterocycles. The van der Waals surface area contributed by atoms with Gasteiger partial charge < -0.3 is 8.92 Å². The summed E-state index contributed by atoms with van der Waals surface area (Å²) in [5.41, 5.74) is 0.655. The highest BCUT2D eigenvalue weighted by Crippen LogP contribution is 2.32. The van der Waals surface area contributed by atoms with Crippen molar-refractivity contribution in [3.8, 4) is 11.5 Å². The molecule has 3 rings (SSSR count). The second-order valence-corrected chi connectivity index (χ2v) is 7.48. The lowest BCUT2D eigenvalue weighted by molar-refractivity contribution is 0.414. The topological polar surface area (TPSA) is 65.5 Å². The van der Waals surface area contributed by atoms with Gasteiger partial charge in [0.05, 0.1) is 12.8 Å². The van der Waals surface area contributed by atoms with Gasteiger partial charge in [-0.3, -0.25) is 4.98 Å². The molecule has 0 atom stereocenters. The lowest BCUT2D eigenvalue weighted by Crippen LogP contribution is -2.12. The highest BCUT2D eigenvalue weighted by Gasteiger charge is 2.21. The van der Waals surface area contributed by atoms with Crippen LogP contribution < -0.4 is 8.92 Å². The third-order valence-corrected chi connectivity index (χ3v) is 5.37. The molecule has 0 fully saturated rings. The van der Waals surface area contributed by atoms with Gasteiger partial charge in [-0.25, -0.2) is 0 Å². The maximum absolute atomic E-state index is 12.8. The van der Waals surface area contributed by atoms with Crippen molar-refractivity contribution in [1.29, 1.82) is 0 Å². The van der Waals surface area contributed by atoms with Crippen LogP contribution in [0.15, 0.2) is 59.6 Å². The van der Waals surface area contributed by atoms with E-state index in [1.165, 1.54) is 19.2 Å². The van der Waals surface area contributed by atoms with Crippen LogP contribution in [0, 0.1) is 0 Å². The van der Waals surface area contributed by atoms with Crippen molar-refractivity contribution in [1.82, 2.24) is 4.98 Å². The van der Waals surface area contributed by atoms with Crippen LogP contribution in [0.4, 0.5) is 0 Å². The van der Waals surface area contributed by atoms with Crippen LogP contribution in [0.25, 0.3) is 10.8 Å². The van der Waals surface area contributed by atoms with Crippen molar-refractivity contribution in [3.05, 3.63) is 60.4 Å². The Hall–Kier alpha value is -2.60. The quantitative estimate of drug-likeness (QED) is 0.578. The molecule has 0 N–H and O–H groups in total.